The Morgan fingerprint density at radius 1 is 1.33 bits per heavy atom. The smallest absolute Gasteiger partial charge is 0.335 e. The Morgan fingerprint density at radius 2 is 2.14 bits per heavy atom. The summed E-state index contributed by atoms with van der Waals surface area (Å²) >= 11 is 0. The molecule has 1 fully saturated rings. The van der Waals surface area contributed by atoms with Crippen LogP contribution in [0.4, 0.5) is 0 Å². The van der Waals surface area contributed by atoms with Crippen molar-refractivity contribution in [3.63, 3.8) is 0 Å². The molecule has 1 unspecified atom stereocenters. The molecule has 0 aromatic heterocycles. The van der Waals surface area contributed by atoms with E-state index in [2.05, 4.69) is 4.90 Å². The van der Waals surface area contributed by atoms with E-state index < -0.39 is 15.8 Å². The predicted octanol–water partition coefficient (Wildman–Crippen LogP) is 1.32. The van der Waals surface area contributed by atoms with Crippen LogP contribution in [-0.4, -0.2) is 48.5 Å². The van der Waals surface area contributed by atoms with E-state index in [1.807, 2.05) is 6.07 Å². The van der Waals surface area contributed by atoms with Crippen LogP contribution in [0.2, 0.25) is 0 Å². The largest absolute Gasteiger partial charge is 0.478 e. The van der Waals surface area contributed by atoms with Crippen LogP contribution in [0.25, 0.3) is 0 Å². The van der Waals surface area contributed by atoms with Crippen molar-refractivity contribution >= 4 is 15.8 Å². The van der Waals surface area contributed by atoms with E-state index in [1.54, 1.807) is 12.1 Å². The van der Waals surface area contributed by atoms with Crippen LogP contribution in [0, 0.1) is 0 Å². The number of nitrogens with zero attached hydrogens (tertiary/aromatic N) is 1. The quantitative estimate of drug-likeness (QED) is 0.892. The van der Waals surface area contributed by atoms with Gasteiger partial charge >= 0.3 is 5.97 Å². The first kappa shape index (κ1) is 14.5. The Morgan fingerprint density at radius 3 is 2.86 bits per heavy atom. The summed E-state index contributed by atoms with van der Waals surface area (Å²) < 4.78 is 23.6. The van der Waals surface area contributed by atoms with Gasteiger partial charge in [-0.3, -0.25) is 4.90 Å². The zero-order chi connectivity index (χ0) is 15.0. The van der Waals surface area contributed by atoms with Gasteiger partial charge in [-0.2, -0.15) is 0 Å². The van der Waals surface area contributed by atoms with E-state index >= 15 is 0 Å². The van der Waals surface area contributed by atoms with Crippen LogP contribution < -0.4 is 0 Å². The standard InChI is InChI=1S/C15H19NO4S/c17-15(18)14-5-1-3-11-9-16(7-6-13(11)14)12-4-2-8-21(19,20)10-12/h1,3,5,12H,2,4,6-10H2,(H,17,18). The summed E-state index contributed by atoms with van der Waals surface area (Å²) in [6.07, 6.45) is 2.31. The Bertz CT molecular complexity index is 668. The highest BCUT2D eigenvalue weighted by atomic mass is 32.2. The molecule has 2 aliphatic rings. The van der Waals surface area contributed by atoms with Crippen molar-refractivity contribution in [2.75, 3.05) is 18.1 Å². The van der Waals surface area contributed by atoms with Gasteiger partial charge in [0.25, 0.3) is 0 Å². The molecule has 114 valence electrons. The van der Waals surface area contributed by atoms with Crippen molar-refractivity contribution in [2.45, 2.75) is 31.8 Å². The number of hydrogen-bond donors (Lipinski definition) is 1. The summed E-state index contributed by atoms with van der Waals surface area (Å²) in [5.41, 5.74) is 2.30. The van der Waals surface area contributed by atoms with Crippen molar-refractivity contribution < 1.29 is 18.3 Å². The van der Waals surface area contributed by atoms with Gasteiger partial charge in [0.1, 0.15) is 0 Å². The fraction of sp³-hybridized carbons (Fsp3) is 0.533. The number of hydrogen-bond acceptors (Lipinski definition) is 4. The highest BCUT2D eigenvalue weighted by Gasteiger charge is 2.31. The molecule has 3 rings (SSSR count). The van der Waals surface area contributed by atoms with E-state index in [-0.39, 0.29) is 11.8 Å². The molecule has 1 atom stereocenters. The third-order valence-corrected chi connectivity index (χ3v) is 6.28. The molecule has 2 aliphatic heterocycles. The van der Waals surface area contributed by atoms with Gasteiger partial charge in [-0.25, -0.2) is 13.2 Å². The first-order chi connectivity index (χ1) is 9.96. The van der Waals surface area contributed by atoms with Crippen LogP contribution in [0.5, 0.6) is 0 Å². The van der Waals surface area contributed by atoms with Crippen molar-refractivity contribution in [3.05, 3.63) is 34.9 Å². The van der Waals surface area contributed by atoms with Crippen LogP contribution >= 0.6 is 0 Å². The van der Waals surface area contributed by atoms with Gasteiger partial charge in [0.05, 0.1) is 17.1 Å². The third-order valence-electron chi connectivity index (χ3n) is 4.48. The van der Waals surface area contributed by atoms with Gasteiger partial charge in [0.15, 0.2) is 9.84 Å². The van der Waals surface area contributed by atoms with E-state index in [9.17, 15) is 18.3 Å². The maximum atomic E-state index is 11.8. The molecule has 0 spiro atoms. The normalized spacial score (nSPS) is 25.2. The molecule has 5 nitrogen and oxygen atoms in total. The van der Waals surface area contributed by atoms with Crippen LogP contribution in [0.15, 0.2) is 18.2 Å². The maximum absolute atomic E-state index is 11.8. The number of benzene rings is 1. The minimum atomic E-state index is -2.92. The average Bonchev–Trinajstić information content (AvgIpc) is 2.44. The summed E-state index contributed by atoms with van der Waals surface area (Å²) in [4.78, 5) is 13.4. The first-order valence-electron chi connectivity index (χ1n) is 7.25. The SMILES string of the molecule is O=C(O)c1cccc2c1CCN(C1CCCS(=O)(=O)C1)C2. The van der Waals surface area contributed by atoms with Gasteiger partial charge in [0.2, 0.25) is 0 Å². The summed E-state index contributed by atoms with van der Waals surface area (Å²) in [7, 11) is -2.92. The van der Waals surface area contributed by atoms with E-state index in [1.165, 1.54) is 0 Å². The molecule has 0 aliphatic carbocycles. The fourth-order valence-electron chi connectivity index (χ4n) is 3.43. The minimum absolute atomic E-state index is 0.0744. The van der Waals surface area contributed by atoms with Gasteiger partial charge in [0, 0.05) is 19.1 Å². The number of carbonyl (C=O) groups is 1. The van der Waals surface area contributed by atoms with Crippen molar-refractivity contribution in [1.82, 2.24) is 4.90 Å². The number of carboxylic acid groups (broad SMARTS) is 1. The van der Waals surface area contributed by atoms with Crippen LogP contribution in [0.1, 0.15) is 34.3 Å². The second kappa shape index (κ2) is 5.42. The molecule has 0 radical (unpaired) electrons. The molecule has 6 heteroatoms. The van der Waals surface area contributed by atoms with Crippen LogP contribution in [0.3, 0.4) is 0 Å². The second-order valence-electron chi connectivity index (χ2n) is 5.88. The predicted molar refractivity (Wildman–Crippen MR) is 79.2 cm³/mol. The number of aromatic carboxylic acids is 1. The summed E-state index contributed by atoms with van der Waals surface area (Å²) in [6.45, 7) is 1.38. The zero-order valence-electron chi connectivity index (χ0n) is 11.8. The van der Waals surface area contributed by atoms with E-state index in [0.29, 0.717) is 24.3 Å². The topological polar surface area (TPSA) is 74.7 Å². The maximum Gasteiger partial charge on any atom is 0.335 e. The Hall–Kier alpha value is -1.40. The Balaban J connectivity index is 1.82. The molecule has 1 saturated heterocycles. The highest BCUT2D eigenvalue weighted by Crippen LogP contribution is 2.27. The molecular formula is C15H19NO4S. The number of rotatable bonds is 2. The fourth-order valence-corrected chi connectivity index (χ4v) is 5.17. The average molecular weight is 309 g/mol. The number of carboxylic acids is 1. The van der Waals surface area contributed by atoms with Crippen molar-refractivity contribution in [2.24, 2.45) is 0 Å². The molecule has 2 heterocycles. The highest BCUT2D eigenvalue weighted by molar-refractivity contribution is 7.91. The van der Waals surface area contributed by atoms with Gasteiger partial charge in [-0.05, 0) is 36.5 Å². The monoisotopic (exact) mass is 309 g/mol. The lowest BCUT2D eigenvalue weighted by Gasteiger charge is -2.37. The molecule has 0 saturated carbocycles. The van der Waals surface area contributed by atoms with Gasteiger partial charge < -0.3 is 5.11 Å². The Kier molecular flexibility index (Phi) is 3.75. The molecule has 21 heavy (non-hydrogen) atoms. The van der Waals surface area contributed by atoms with Crippen molar-refractivity contribution in [3.8, 4) is 0 Å². The number of fused-ring (bicyclic) bond motifs is 1. The lowest BCUT2D eigenvalue weighted by molar-refractivity contribution is 0.0694. The van der Waals surface area contributed by atoms with E-state index in [0.717, 1.165) is 30.5 Å². The minimum Gasteiger partial charge on any atom is -0.478 e. The second-order valence-corrected chi connectivity index (χ2v) is 8.11. The van der Waals surface area contributed by atoms with Gasteiger partial charge in [-0.15, -0.1) is 0 Å². The Labute approximate surface area is 124 Å². The van der Waals surface area contributed by atoms with Crippen LogP contribution in [-0.2, 0) is 22.8 Å². The zero-order valence-corrected chi connectivity index (χ0v) is 12.6. The lowest BCUT2D eigenvalue weighted by Crippen LogP contribution is -2.46. The first-order valence-corrected chi connectivity index (χ1v) is 9.07. The molecule has 1 aromatic carbocycles. The summed E-state index contributed by atoms with van der Waals surface area (Å²) in [6, 6.07) is 5.43. The molecule has 0 amide bonds. The summed E-state index contributed by atoms with van der Waals surface area (Å²) in [5.74, 6) is -0.349. The summed E-state index contributed by atoms with van der Waals surface area (Å²) in [5, 5.41) is 9.23. The molecule has 1 aromatic rings. The van der Waals surface area contributed by atoms with Gasteiger partial charge in [-0.1, -0.05) is 12.1 Å². The number of sulfone groups is 1. The lowest BCUT2D eigenvalue weighted by atomic mass is 9.93. The van der Waals surface area contributed by atoms with Crippen molar-refractivity contribution in [1.29, 1.82) is 0 Å². The molecule has 1 N–H and O–H groups in total. The molecular weight excluding hydrogens is 290 g/mol. The van der Waals surface area contributed by atoms with E-state index in [4.69, 9.17) is 0 Å². The molecule has 0 bridgehead atoms. The third kappa shape index (κ3) is 2.96.